The van der Waals surface area contributed by atoms with Crippen LogP contribution in [0.3, 0.4) is 0 Å². The molecule has 1 N–H and O–H groups in total. The van der Waals surface area contributed by atoms with Gasteiger partial charge in [0.25, 0.3) is 5.91 Å². The number of hydrogen-bond acceptors (Lipinski definition) is 5. The van der Waals surface area contributed by atoms with Crippen LogP contribution in [0.1, 0.15) is 16.2 Å². The molecule has 1 amide bonds. The Morgan fingerprint density at radius 1 is 1.25 bits per heavy atom. The van der Waals surface area contributed by atoms with E-state index in [1.165, 1.54) is 6.26 Å². The van der Waals surface area contributed by atoms with Crippen LogP contribution >= 0.6 is 24.0 Å². The van der Waals surface area contributed by atoms with Gasteiger partial charge in [0.2, 0.25) is 0 Å². The molecule has 0 atom stereocenters. The lowest BCUT2D eigenvalue weighted by molar-refractivity contribution is 0.0657. The SMILES string of the molecule is CN=C(NCc1ccon1)N1CCN(C(=O)c2ccco2)CC1.I. The van der Waals surface area contributed by atoms with Crippen LogP contribution in [0.15, 0.2) is 44.7 Å². The lowest BCUT2D eigenvalue weighted by Gasteiger charge is -2.36. The lowest BCUT2D eigenvalue weighted by Crippen LogP contribution is -2.53. The molecule has 0 aromatic carbocycles. The van der Waals surface area contributed by atoms with E-state index in [9.17, 15) is 4.79 Å². The summed E-state index contributed by atoms with van der Waals surface area (Å²) in [6.07, 6.45) is 3.05. The van der Waals surface area contributed by atoms with Gasteiger partial charge in [0.05, 0.1) is 12.8 Å². The van der Waals surface area contributed by atoms with Gasteiger partial charge in [0.1, 0.15) is 12.0 Å². The van der Waals surface area contributed by atoms with Gasteiger partial charge in [-0.3, -0.25) is 9.79 Å². The molecule has 0 aliphatic carbocycles. The molecule has 1 aliphatic rings. The van der Waals surface area contributed by atoms with Crippen LogP contribution in [0.5, 0.6) is 0 Å². The van der Waals surface area contributed by atoms with E-state index in [-0.39, 0.29) is 29.9 Å². The van der Waals surface area contributed by atoms with Crippen LogP contribution in [0.4, 0.5) is 0 Å². The van der Waals surface area contributed by atoms with Gasteiger partial charge in [0.15, 0.2) is 11.7 Å². The first-order valence-corrected chi connectivity index (χ1v) is 7.45. The van der Waals surface area contributed by atoms with Gasteiger partial charge >= 0.3 is 0 Å². The first-order chi connectivity index (χ1) is 11.3. The molecule has 0 saturated carbocycles. The second-order valence-electron chi connectivity index (χ2n) is 5.15. The van der Waals surface area contributed by atoms with Crippen LogP contribution in [0, 0.1) is 0 Å². The van der Waals surface area contributed by atoms with Gasteiger partial charge < -0.3 is 24.1 Å². The third kappa shape index (κ3) is 4.28. The van der Waals surface area contributed by atoms with Crippen LogP contribution in [0.25, 0.3) is 0 Å². The van der Waals surface area contributed by atoms with Crippen molar-refractivity contribution in [3.63, 3.8) is 0 Å². The summed E-state index contributed by atoms with van der Waals surface area (Å²) in [7, 11) is 1.74. The first-order valence-electron chi connectivity index (χ1n) is 7.45. The topological polar surface area (TPSA) is 87.1 Å². The molecule has 0 unspecified atom stereocenters. The standard InChI is InChI=1S/C15H19N5O3.HI/c1-16-15(17-11-12-4-10-23-18-12)20-7-5-19(6-8-20)14(21)13-3-2-9-22-13;/h2-4,9-10H,5-8,11H2,1H3,(H,16,17);1H. The Morgan fingerprint density at radius 3 is 2.58 bits per heavy atom. The van der Waals surface area contributed by atoms with Crippen molar-refractivity contribution >= 4 is 35.8 Å². The number of nitrogens with one attached hydrogen (secondary N) is 1. The van der Waals surface area contributed by atoms with E-state index >= 15 is 0 Å². The minimum Gasteiger partial charge on any atom is -0.459 e. The Kier molecular flexibility index (Phi) is 6.64. The molecular weight excluding hydrogens is 425 g/mol. The smallest absolute Gasteiger partial charge is 0.289 e. The highest BCUT2D eigenvalue weighted by atomic mass is 127. The highest BCUT2D eigenvalue weighted by molar-refractivity contribution is 14.0. The van der Waals surface area contributed by atoms with E-state index in [2.05, 4.69) is 20.4 Å². The largest absolute Gasteiger partial charge is 0.459 e. The molecule has 0 radical (unpaired) electrons. The van der Waals surface area contributed by atoms with Crippen molar-refractivity contribution in [1.29, 1.82) is 0 Å². The number of carbonyl (C=O) groups is 1. The number of rotatable bonds is 3. The number of hydrogen-bond donors (Lipinski definition) is 1. The third-order valence-corrected chi connectivity index (χ3v) is 3.73. The number of carbonyl (C=O) groups excluding carboxylic acids is 1. The summed E-state index contributed by atoms with van der Waals surface area (Å²) in [5.41, 5.74) is 0.817. The Hall–Kier alpha value is -2.04. The summed E-state index contributed by atoms with van der Waals surface area (Å²) < 4.78 is 9.97. The van der Waals surface area contributed by atoms with E-state index in [1.807, 2.05) is 0 Å². The van der Waals surface area contributed by atoms with Gasteiger partial charge in [-0.05, 0) is 12.1 Å². The number of amides is 1. The van der Waals surface area contributed by atoms with Crippen LogP contribution in [-0.4, -0.2) is 60.0 Å². The van der Waals surface area contributed by atoms with Crippen LogP contribution in [-0.2, 0) is 6.54 Å². The minimum atomic E-state index is -0.0693. The minimum absolute atomic E-state index is 0. The molecule has 2 aromatic heterocycles. The van der Waals surface area contributed by atoms with Crippen molar-refractivity contribution in [3.05, 3.63) is 42.2 Å². The normalized spacial score (nSPS) is 15.1. The maximum atomic E-state index is 12.2. The zero-order valence-electron chi connectivity index (χ0n) is 13.3. The zero-order chi connectivity index (χ0) is 16.1. The lowest BCUT2D eigenvalue weighted by atomic mass is 10.3. The van der Waals surface area contributed by atoms with Crippen molar-refractivity contribution < 1.29 is 13.7 Å². The molecule has 130 valence electrons. The van der Waals surface area contributed by atoms with Gasteiger partial charge in [-0.25, -0.2) is 0 Å². The first kappa shape index (κ1) is 18.3. The molecule has 0 bridgehead atoms. The molecule has 0 spiro atoms. The molecule has 24 heavy (non-hydrogen) atoms. The van der Waals surface area contributed by atoms with Gasteiger partial charge in [-0.1, -0.05) is 5.16 Å². The third-order valence-electron chi connectivity index (χ3n) is 3.73. The molecule has 9 heteroatoms. The van der Waals surface area contributed by atoms with Gasteiger partial charge in [0, 0.05) is 39.3 Å². The van der Waals surface area contributed by atoms with Gasteiger partial charge in [-0.15, -0.1) is 24.0 Å². The molecule has 1 saturated heterocycles. The van der Waals surface area contributed by atoms with E-state index < -0.39 is 0 Å². The molecule has 3 rings (SSSR count). The number of aliphatic imine (C=N–C) groups is 1. The van der Waals surface area contributed by atoms with Crippen molar-refractivity contribution in [1.82, 2.24) is 20.3 Å². The Morgan fingerprint density at radius 2 is 2.00 bits per heavy atom. The number of aromatic nitrogens is 1. The fourth-order valence-electron chi connectivity index (χ4n) is 2.51. The maximum absolute atomic E-state index is 12.2. The predicted octanol–water partition coefficient (Wildman–Crippen LogP) is 1.42. The fraction of sp³-hybridized carbons (Fsp3) is 0.400. The van der Waals surface area contributed by atoms with E-state index in [0.29, 0.717) is 38.5 Å². The summed E-state index contributed by atoms with van der Waals surface area (Å²) in [5, 5.41) is 7.10. The number of halogens is 1. The highest BCUT2D eigenvalue weighted by Crippen LogP contribution is 2.09. The van der Waals surface area contributed by atoms with Crippen molar-refractivity contribution in [2.24, 2.45) is 4.99 Å². The molecule has 1 fully saturated rings. The van der Waals surface area contributed by atoms with E-state index in [0.717, 1.165) is 11.7 Å². The number of guanidine groups is 1. The predicted molar refractivity (Wildman–Crippen MR) is 98.3 cm³/mol. The second kappa shape index (κ2) is 8.71. The zero-order valence-corrected chi connectivity index (χ0v) is 15.7. The van der Waals surface area contributed by atoms with Crippen molar-refractivity contribution in [3.8, 4) is 0 Å². The Balaban J connectivity index is 0.00000208. The summed E-state index contributed by atoms with van der Waals surface area (Å²) >= 11 is 0. The summed E-state index contributed by atoms with van der Waals surface area (Å²) in [6, 6.07) is 5.21. The highest BCUT2D eigenvalue weighted by Gasteiger charge is 2.25. The quantitative estimate of drug-likeness (QED) is 0.437. The molecular formula is C15H20IN5O3. The maximum Gasteiger partial charge on any atom is 0.289 e. The summed E-state index contributed by atoms with van der Waals surface area (Å²) in [5.74, 6) is 1.10. The monoisotopic (exact) mass is 445 g/mol. The van der Waals surface area contributed by atoms with Gasteiger partial charge in [-0.2, -0.15) is 0 Å². The summed E-state index contributed by atoms with van der Waals surface area (Å²) in [4.78, 5) is 20.4. The van der Waals surface area contributed by atoms with E-state index in [4.69, 9.17) is 8.94 Å². The number of furan rings is 1. The Labute approximate surface area is 156 Å². The average molecular weight is 445 g/mol. The van der Waals surface area contributed by atoms with Crippen molar-refractivity contribution in [2.45, 2.75) is 6.54 Å². The van der Waals surface area contributed by atoms with Crippen LogP contribution < -0.4 is 5.32 Å². The molecule has 2 aromatic rings. The van der Waals surface area contributed by atoms with Crippen LogP contribution in [0.2, 0.25) is 0 Å². The molecule has 1 aliphatic heterocycles. The average Bonchev–Trinajstić information content (AvgIpc) is 3.29. The summed E-state index contributed by atoms with van der Waals surface area (Å²) in [6.45, 7) is 3.24. The number of nitrogens with zero attached hydrogens (tertiary/aromatic N) is 4. The van der Waals surface area contributed by atoms with Crippen molar-refractivity contribution in [2.75, 3.05) is 33.2 Å². The van der Waals surface area contributed by atoms with E-state index in [1.54, 1.807) is 36.4 Å². The Bertz CT molecular complexity index is 649. The second-order valence-corrected chi connectivity index (χ2v) is 5.15. The molecule has 3 heterocycles. The molecule has 8 nitrogen and oxygen atoms in total. The fourth-order valence-corrected chi connectivity index (χ4v) is 2.51. The number of piperazine rings is 1.